The molecule has 104 valence electrons. The van der Waals surface area contributed by atoms with E-state index in [1.165, 1.54) is 6.33 Å². The van der Waals surface area contributed by atoms with E-state index in [9.17, 15) is 9.46 Å². The van der Waals surface area contributed by atoms with Crippen LogP contribution in [0.1, 0.15) is 6.92 Å². The predicted octanol–water partition coefficient (Wildman–Crippen LogP) is 0.673. The summed E-state index contributed by atoms with van der Waals surface area (Å²) >= 11 is 0. The molecule has 0 aromatic carbocycles. The van der Waals surface area contributed by atoms with Gasteiger partial charge in [-0.05, 0) is 0 Å². The van der Waals surface area contributed by atoms with Crippen LogP contribution < -0.4 is 5.73 Å². The number of hydrogen-bond acceptors (Lipinski definition) is 6. The van der Waals surface area contributed by atoms with Gasteiger partial charge >= 0.3 is 0 Å². The molecule has 8 nitrogen and oxygen atoms in total. The van der Waals surface area contributed by atoms with E-state index in [0.29, 0.717) is 30.1 Å². The number of aromatic nitrogens is 4. The molecule has 2 aromatic rings. The van der Waals surface area contributed by atoms with Crippen LogP contribution in [-0.4, -0.2) is 43.5 Å². The molecule has 19 heavy (non-hydrogen) atoms. The molecule has 0 bridgehead atoms. The summed E-state index contributed by atoms with van der Waals surface area (Å²) in [5, 5.41) is 0. The minimum Gasteiger partial charge on any atom is -0.382 e. The first-order chi connectivity index (χ1) is 9.03. The number of rotatable bonds is 6. The molecule has 2 rings (SSSR count). The summed E-state index contributed by atoms with van der Waals surface area (Å²) in [4.78, 5) is 21.4. The monoisotopic (exact) mass is 285 g/mol. The van der Waals surface area contributed by atoms with Gasteiger partial charge in [-0.2, -0.15) is 0 Å². The van der Waals surface area contributed by atoms with Gasteiger partial charge < -0.3 is 19.9 Å². The lowest BCUT2D eigenvalue weighted by Gasteiger charge is -2.10. The molecule has 0 fully saturated rings. The molecule has 0 saturated carbocycles. The molecule has 0 amide bonds. The van der Waals surface area contributed by atoms with Crippen LogP contribution in [0.15, 0.2) is 12.7 Å². The Bertz CT molecular complexity index is 614. The molecule has 0 aliphatic carbocycles. The summed E-state index contributed by atoms with van der Waals surface area (Å²) in [5.74, 6) is 0.329. The van der Waals surface area contributed by atoms with E-state index in [4.69, 9.17) is 10.5 Å². The average molecular weight is 285 g/mol. The van der Waals surface area contributed by atoms with Crippen LogP contribution in [0, 0.1) is 0 Å². The van der Waals surface area contributed by atoms with E-state index in [2.05, 4.69) is 15.0 Å². The first-order valence-electron chi connectivity index (χ1n) is 5.83. The Labute approximate surface area is 110 Å². The standard InChI is InChI=1S/C10H16N5O3P/c1-2-19(16,17)7-18-4-3-15-6-14-8-9(11)12-5-13-10(8)15/h5-6H,2-4,7H2,1H3,(H,16,17)(H2,11,12,13). The van der Waals surface area contributed by atoms with Gasteiger partial charge in [0.2, 0.25) is 7.37 Å². The Morgan fingerprint density at radius 1 is 1.47 bits per heavy atom. The number of ether oxygens (including phenoxy) is 1. The fraction of sp³-hybridized carbons (Fsp3) is 0.500. The third-order valence-electron chi connectivity index (χ3n) is 2.69. The summed E-state index contributed by atoms with van der Waals surface area (Å²) in [6, 6.07) is 0. The Morgan fingerprint density at radius 3 is 3.00 bits per heavy atom. The highest BCUT2D eigenvalue weighted by Gasteiger charge is 2.14. The number of anilines is 1. The zero-order chi connectivity index (χ0) is 13.9. The molecule has 1 unspecified atom stereocenters. The molecule has 2 heterocycles. The van der Waals surface area contributed by atoms with Gasteiger partial charge in [0, 0.05) is 12.7 Å². The van der Waals surface area contributed by atoms with Crippen molar-refractivity contribution >= 4 is 24.4 Å². The van der Waals surface area contributed by atoms with E-state index in [-0.39, 0.29) is 12.5 Å². The largest absolute Gasteiger partial charge is 0.382 e. The molecule has 0 saturated heterocycles. The fourth-order valence-corrected chi connectivity index (χ4v) is 2.12. The second-order valence-corrected chi connectivity index (χ2v) is 6.65. The van der Waals surface area contributed by atoms with E-state index in [1.54, 1.807) is 17.8 Å². The number of hydrogen-bond donors (Lipinski definition) is 2. The highest BCUT2D eigenvalue weighted by Crippen LogP contribution is 2.39. The maximum Gasteiger partial charge on any atom is 0.225 e. The number of fused-ring (bicyclic) bond motifs is 1. The minimum atomic E-state index is -3.13. The number of nitrogens with zero attached hydrogens (tertiary/aromatic N) is 4. The van der Waals surface area contributed by atoms with Crippen LogP contribution in [-0.2, 0) is 15.8 Å². The smallest absolute Gasteiger partial charge is 0.225 e. The number of nitrogen functional groups attached to an aromatic ring is 1. The molecule has 0 aliphatic rings. The summed E-state index contributed by atoms with van der Waals surface area (Å²) in [6.07, 6.45) is 3.05. The molecule has 0 spiro atoms. The zero-order valence-corrected chi connectivity index (χ0v) is 11.5. The van der Waals surface area contributed by atoms with Crippen molar-refractivity contribution in [2.75, 3.05) is 24.9 Å². The van der Waals surface area contributed by atoms with Gasteiger partial charge in [0.15, 0.2) is 11.5 Å². The molecule has 3 N–H and O–H groups in total. The first kappa shape index (κ1) is 13.9. The third-order valence-corrected chi connectivity index (χ3v) is 4.27. The van der Waals surface area contributed by atoms with Crippen molar-refractivity contribution in [1.82, 2.24) is 19.5 Å². The molecule has 0 radical (unpaired) electrons. The zero-order valence-electron chi connectivity index (χ0n) is 10.6. The van der Waals surface area contributed by atoms with Gasteiger partial charge in [0.25, 0.3) is 0 Å². The number of nitrogens with two attached hydrogens (primary N) is 1. The maximum atomic E-state index is 11.4. The molecule has 1 atom stereocenters. The summed E-state index contributed by atoms with van der Waals surface area (Å²) in [7, 11) is -3.13. The first-order valence-corrected chi connectivity index (χ1v) is 7.86. The Kier molecular flexibility index (Phi) is 4.14. The van der Waals surface area contributed by atoms with Crippen molar-refractivity contribution < 1.29 is 14.2 Å². The van der Waals surface area contributed by atoms with E-state index in [0.717, 1.165) is 0 Å². The van der Waals surface area contributed by atoms with E-state index in [1.807, 2.05) is 0 Å². The minimum absolute atomic E-state index is 0.132. The summed E-state index contributed by atoms with van der Waals surface area (Å²) < 4.78 is 18.3. The summed E-state index contributed by atoms with van der Waals surface area (Å²) in [6.45, 7) is 2.45. The van der Waals surface area contributed by atoms with Gasteiger partial charge in [-0.1, -0.05) is 6.92 Å². The lowest BCUT2D eigenvalue weighted by molar-refractivity contribution is 0.160. The van der Waals surface area contributed by atoms with Crippen LogP contribution in [0.5, 0.6) is 0 Å². The second kappa shape index (κ2) is 5.64. The van der Waals surface area contributed by atoms with Crippen LogP contribution in [0.4, 0.5) is 5.82 Å². The van der Waals surface area contributed by atoms with Crippen molar-refractivity contribution in [3.8, 4) is 0 Å². The van der Waals surface area contributed by atoms with Crippen molar-refractivity contribution in [3.63, 3.8) is 0 Å². The lowest BCUT2D eigenvalue weighted by atomic mass is 10.5. The molecular weight excluding hydrogens is 269 g/mol. The Hall–Kier alpha value is -1.50. The highest BCUT2D eigenvalue weighted by atomic mass is 31.2. The third kappa shape index (κ3) is 3.28. The van der Waals surface area contributed by atoms with Gasteiger partial charge in [-0.25, -0.2) is 15.0 Å². The van der Waals surface area contributed by atoms with Crippen molar-refractivity contribution in [3.05, 3.63) is 12.7 Å². The van der Waals surface area contributed by atoms with Gasteiger partial charge in [-0.3, -0.25) is 4.57 Å². The van der Waals surface area contributed by atoms with Crippen molar-refractivity contribution in [2.24, 2.45) is 0 Å². The van der Waals surface area contributed by atoms with Crippen molar-refractivity contribution in [1.29, 1.82) is 0 Å². The van der Waals surface area contributed by atoms with Crippen LogP contribution in [0.25, 0.3) is 11.2 Å². The fourth-order valence-electron chi connectivity index (χ4n) is 1.52. The Balaban J connectivity index is 1.96. The van der Waals surface area contributed by atoms with Gasteiger partial charge in [0.05, 0.1) is 12.9 Å². The quantitative estimate of drug-likeness (QED) is 0.592. The second-order valence-electron chi connectivity index (χ2n) is 4.07. The number of imidazole rings is 1. The molecule has 2 aromatic heterocycles. The SMILES string of the molecule is CCP(=O)(O)COCCn1cnc2c(N)ncnc21. The lowest BCUT2D eigenvalue weighted by Crippen LogP contribution is -2.07. The molecule has 0 aliphatic heterocycles. The predicted molar refractivity (Wildman–Crippen MR) is 70.9 cm³/mol. The van der Waals surface area contributed by atoms with Crippen LogP contribution in [0.2, 0.25) is 0 Å². The molecule has 9 heteroatoms. The van der Waals surface area contributed by atoms with E-state index < -0.39 is 7.37 Å². The topological polar surface area (TPSA) is 116 Å². The molecular formula is C10H16N5O3P. The van der Waals surface area contributed by atoms with Crippen LogP contribution in [0.3, 0.4) is 0 Å². The van der Waals surface area contributed by atoms with Crippen molar-refractivity contribution in [2.45, 2.75) is 13.5 Å². The highest BCUT2D eigenvalue weighted by molar-refractivity contribution is 7.57. The maximum absolute atomic E-state index is 11.4. The van der Waals surface area contributed by atoms with Gasteiger partial charge in [-0.15, -0.1) is 0 Å². The normalized spacial score (nSPS) is 14.6. The van der Waals surface area contributed by atoms with Crippen LogP contribution >= 0.6 is 7.37 Å². The average Bonchev–Trinajstić information content (AvgIpc) is 2.80. The Morgan fingerprint density at radius 2 is 2.26 bits per heavy atom. The van der Waals surface area contributed by atoms with E-state index >= 15 is 0 Å². The summed E-state index contributed by atoms with van der Waals surface area (Å²) in [5.41, 5.74) is 6.84. The van der Waals surface area contributed by atoms with Gasteiger partial charge in [0.1, 0.15) is 18.2 Å².